The van der Waals surface area contributed by atoms with Crippen LogP contribution in [0.15, 0.2) is 23.2 Å². The number of thioether (sulfide) groups is 1. The van der Waals surface area contributed by atoms with Crippen LogP contribution in [-0.4, -0.2) is 60.6 Å². The summed E-state index contributed by atoms with van der Waals surface area (Å²) >= 11 is 2.09. The monoisotopic (exact) mass is 477 g/mol. The van der Waals surface area contributed by atoms with Gasteiger partial charge in [0.2, 0.25) is 0 Å². The number of rotatable bonds is 5. The summed E-state index contributed by atoms with van der Waals surface area (Å²) in [6, 6.07) is 6.11. The van der Waals surface area contributed by atoms with Gasteiger partial charge in [-0.25, -0.2) is 9.98 Å². The number of nitrogens with one attached hydrogen (secondary N) is 1. The molecule has 1 N–H and O–H groups in total. The molecule has 7 heteroatoms. The average Bonchev–Trinajstić information content (AvgIpc) is 2.59. The van der Waals surface area contributed by atoms with E-state index in [-0.39, 0.29) is 24.0 Å². The molecule has 142 valence electrons. The highest BCUT2D eigenvalue weighted by Crippen LogP contribution is 2.25. The van der Waals surface area contributed by atoms with Gasteiger partial charge in [0.15, 0.2) is 5.96 Å². The van der Waals surface area contributed by atoms with E-state index in [2.05, 4.69) is 47.7 Å². The van der Waals surface area contributed by atoms with Crippen molar-refractivity contribution in [2.24, 2.45) is 10.9 Å². The van der Waals surface area contributed by atoms with Crippen molar-refractivity contribution in [3.05, 3.63) is 23.9 Å². The predicted molar refractivity (Wildman–Crippen MR) is 121 cm³/mol. The summed E-state index contributed by atoms with van der Waals surface area (Å²) in [5.41, 5.74) is 1.00. The average molecular weight is 477 g/mol. The third-order valence-corrected chi connectivity index (χ3v) is 5.65. The molecule has 0 bridgehead atoms. The van der Waals surface area contributed by atoms with Gasteiger partial charge in [-0.05, 0) is 25.0 Å². The number of pyridine rings is 1. The second kappa shape index (κ2) is 11.1. The molecular formula is C18H32IN5S. The van der Waals surface area contributed by atoms with Crippen molar-refractivity contribution >= 4 is 47.5 Å². The molecule has 0 spiro atoms. The number of aliphatic imine (C=N–C) groups is 1. The second-order valence-electron chi connectivity index (χ2n) is 6.65. The van der Waals surface area contributed by atoms with E-state index in [0.29, 0.717) is 17.7 Å². The van der Waals surface area contributed by atoms with Gasteiger partial charge in [0.05, 0.1) is 12.2 Å². The van der Waals surface area contributed by atoms with E-state index in [1.54, 1.807) is 0 Å². The third kappa shape index (κ3) is 6.84. The zero-order valence-corrected chi connectivity index (χ0v) is 19.2. The summed E-state index contributed by atoms with van der Waals surface area (Å²) in [7, 11) is 4.02. The number of guanidine groups is 1. The van der Waals surface area contributed by atoms with Crippen molar-refractivity contribution in [1.82, 2.24) is 15.2 Å². The fraction of sp³-hybridized carbons (Fsp3) is 0.667. The van der Waals surface area contributed by atoms with Gasteiger partial charge in [-0.2, -0.15) is 11.8 Å². The summed E-state index contributed by atoms with van der Waals surface area (Å²) < 4.78 is 0. The van der Waals surface area contributed by atoms with Gasteiger partial charge in [-0.15, -0.1) is 24.0 Å². The van der Waals surface area contributed by atoms with Crippen LogP contribution in [0.5, 0.6) is 0 Å². The number of hydrogen-bond donors (Lipinski definition) is 1. The molecule has 1 aliphatic rings. The van der Waals surface area contributed by atoms with Gasteiger partial charge in [-0.3, -0.25) is 0 Å². The Bertz CT molecular complexity index is 550. The van der Waals surface area contributed by atoms with E-state index in [0.717, 1.165) is 37.1 Å². The number of halogens is 1. The molecule has 1 saturated heterocycles. The predicted octanol–water partition coefficient (Wildman–Crippen LogP) is 3.30. The first-order valence-electron chi connectivity index (χ1n) is 8.79. The molecule has 0 amide bonds. The first-order valence-corrected chi connectivity index (χ1v) is 9.84. The van der Waals surface area contributed by atoms with Crippen molar-refractivity contribution in [2.45, 2.75) is 32.6 Å². The molecule has 1 unspecified atom stereocenters. The Balaban J connectivity index is 0.00000312. The van der Waals surface area contributed by atoms with Crippen molar-refractivity contribution in [2.75, 3.05) is 44.4 Å². The van der Waals surface area contributed by atoms with Gasteiger partial charge >= 0.3 is 0 Å². The zero-order valence-electron chi connectivity index (χ0n) is 16.0. The Labute approximate surface area is 174 Å². The quantitative estimate of drug-likeness (QED) is 0.401. The molecule has 1 fully saturated rings. The molecule has 0 radical (unpaired) electrons. The van der Waals surface area contributed by atoms with Crippen LogP contribution in [0.1, 0.15) is 26.5 Å². The molecule has 1 aromatic heterocycles. The lowest BCUT2D eigenvalue weighted by atomic mass is 10.1. The largest absolute Gasteiger partial charge is 0.363 e. The highest BCUT2D eigenvalue weighted by atomic mass is 127. The lowest BCUT2D eigenvalue weighted by Gasteiger charge is -2.36. The van der Waals surface area contributed by atoms with Crippen molar-refractivity contribution in [1.29, 1.82) is 0 Å². The zero-order chi connectivity index (χ0) is 17.5. The number of anilines is 1. The van der Waals surface area contributed by atoms with Crippen molar-refractivity contribution < 1.29 is 0 Å². The van der Waals surface area contributed by atoms with Crippen LogP contribution in [0.4, 0.5) is 5.82 Å². The minimum absolute atomic E-state index is 0. The van der Waals surface area contributed by atoms with E-state index in [1.807, 2.05) is 37.2 Å². The Morgan fingerprint density at radius 3 is 2.84 bits per heavy atom. The van der Waals surface area contributed by atoms with Crippen molar-refractivity contribution in [3.8, 4) is 0 Å². The van der Waals surface area contributed by atoms with E-state index in [9.17, 15) is 0 Å². The normalized spacial score (nSPS) is 18.1. The van der Waals surface area contributed by atoms with Crippen LogP contribution in [0, 0.1) is 5.92 Å². The SMILES string of the molecule is CCNC(=NCc1cccc(N(C)C)n1)N1CCSC(C(C)C)C1.I. The van der Waals surface area contributed by atoms with E-state index < -0.39 is 0 Å². The van der Waals surface area contributed by atoms with Gasteiger partial charge in [-0.1, -0.05) is 19.9 Å². The van der Waals surface area contributed by atoms with E-state index >= 15 is 0 Å². The fourth-order valence-corrected chi connectivity index (χ4v) is 3.96. The molecule has 1 atom stereocenters. The summed E-state index contributed by atoms with van der Waals surface area (Å²) in [4.78, 5) is 13.9. The maximum absolute atomic E-state index is 4.84. The first kappa shape index (κ1) is 22.3. The maximum atomic E-state index is 4.84. The van der Waals surface area contributed by atoms with E-state index in [1.165, 1.54) is 5.75 Å². The standard InChI is InChI=1S/C18H31N5S.HI/c1-6-19-18(23-10-11-24-16(13-23)14(2)3)20-12-15-8-7-9-17(21-15)22(4)5;/h7-9,14,16H,6,10-13H2,1-5H3,(H,19,20);1H. The third-order valence-electron chi connectivity index (χ3n) is 4.11. The van der Waals surface area contributed by atoms with Gasteiger partial charge in [0, 0.05) is 44.7 Å². The van der Waals surface area contributed by atoms with Crippen LogP contribution < -0.4 is 10.2 Å². The molecule has 0 saturated carbocycles. The minimum Gasteiger partial charge on any atom is -0.363 e. The lowest BCUT2D eigenvalue weighted by molar-refractivity contribution is 0.380. The van der Waals surface area contributed by atoms with Crippen LogP contribution in [0.3, 0.4) is 0 Å². The van der Waals surface area contributed by atoms with Crippen LogP contribution in [0.2, 0.25) is 0 Å². The van der Waals surface area contributed by atoms with Crippen molar-refractivity contribution in [3.63, 3.8) is 0 Å². The first-order chi connectivity index (χ1) is 11.5. The molecule has 2 heterocycles. The lowest BCUT2D eigenvalue weighted by Crippen LogP contribution is -2.49. The fourth-order valence-electron chi connectivity index (χ4n) is 2.66. The Morgan fingerprint density at radius 2 is 2.20 bits per heavy atom. The number of nitrogens with zero attached hydrogens (tertiary/aromatic N) is 4. The molecule has 1 aliphatic heterocycles. The highest BCUT2D eigenvalue weighted by molar-refractivity contribution is 14.0. The Hall–Kier alpha value is -0.700. The molecule has 2 rings (SSSR count). The van der Waals surface area contributed by atoms with Crippen LogP contribution >= 0.6 is 35.7 Å². The molecule has 0 aliphatic carbocycles. The van der Waals surface area contributed by atoms with Gasteiger partial charge < -0.3 is 15.1 Å². The Morgan fingerprint density at radius 1 is 1.44 bits per heavy atom. The second-order valence-corrected chi connectivity index (χ2v) is 8.00. The Kier molecular flexibility index (Phi) is 9.92. The molecule has 0 aromatic carbocycles. The highest BCUT2D eigenvalue weighted by Gasteiger charge is 2.24. The molecular weight excluding hydrogens is 445 g/mol. The molecule has 1 aromatic rings. The smallest absolute Gasteiger partial charge is 0.194 e. The summed E-state index contributed by atoms with van der Waals surface area (Å²) in [6.07, 6.45) is 0. The van der Waals surface area contributed by atoms with Gasteiger partial charge in [0.1, 0.15) is 5.82 Å². The van der Waals surface area contributed by atoms with Crippen LogP contribution in [-0.2, 0) is 6.54 Å². The van der Waals surface area contributed by atoms with Crippen LogP contribution in [0.25, 0.3) is 0 Å². The maximum Gasteiger partial charge on any atom is 0.194 e. The summed E-state index contributed by atoms with van der Waals surface area (Å²) in [5, 5.41) is 4.13. The topological polar surface area (TPSA) is 43.8 Å². The summed E-state index contributed by atoms with van der Waals surface area (Å²) in [5.74, 6) is 3.85. The van der Waals surface area contributed by atoms with E-state index in [4.69, 9.17) is 4.99 Å². The molecule has 25 heavy (non-hydrogen) atoms. The summed E-state index contributed by atoms with van der Waals surface area (Å²) in [6.45, 7) is 10.4. The van der Waals surface area contributed by atoms with Gasteiger partial charge in [0.25, 0.3) is 0 Å². The molecule has 5 nitrogen and oxygen atoms in total. The number of hydrogen-bond acceptors (Lipinski definition) is 4. The minimum atomic E-state index is 0. The number of aromatic nitrogens is 1.